The molecule has 5 heteroatoms. The Bertz CT molecular complexity index is 273. The average molecular weight is 241 g/mol. The number of nitrogens with one attached hydrogen (secondary N) is 2. The van der Waals surface area contributed by atoms with Gasteiger partial charge in [0.05, 0.1) is 12.6 Å². The summed E-state index contributed by atoms with van der Waals surface area (Å²) in [7, 11) is 0. The summed E-state index contributed by atoms with van der Waals surface area (Å²) < 4.78 is 0. The Morgan fingerprint density at radius 1 is 1.47 bits per heavy atom. The Morgan fingerprint density at radius 3 is 2.65 bits per heavy atom. The van der Waals surface area contributed by atoms with Crippen LogP contribution in [0.4, 0.5) is 0 Å². The van der Waals surface area contributed by atoms with Crippen LogP contribution >= 0.6 is 0 Å². The van der Waals surface area contributed by atoms with E-state index in [1.54, 1.807) is 4.90 Å². The van der Waals surface area contributed by atoms with Crippen molar-refractivity contribution < 1.29 is 9.59 Å². The first-order valence-corrected chi connectivity index (χ1v) is 6.36. The Balaban J connectivity index is 2.46. The van der Waals surface area contributed by atoms with Gasteiger partial charge in [0.15, 0.2) is 0 Å². The molecule has 0 aromatic rings. The zero-order valence-corrected chi connectivity index (χ0v) is 11.0. The second-order valence-corrected chi connectivity index (χ2v) is 4.72. The number of likely N-dealkylation sites (N-methyl/N-ethyl adjacent to an activating group) is 1. The van der Waals surface area contributed by atoms with Crippen molar-refractivity contribution in [2.75, 3.05) is 19.6 Å². The third-order valence-corrected chi connectivity index (χ3v) is 2.84. The summed E-state index contributed by atoms with van der Waals surface area (Å²) in [6, 6.07) is 0.0164. The molecule has 1 saturated heterocycles. The van der Waals surface area contributed by atoms with Crippen LogP contribution in [0.15, 0.2) is 0 Å². The minimum atomic E-state index is -0.0956. The lowest BCUT2D eigenvalue weighted by atomic mass is 10.2. The van der Waals surface area contributed by atoms with Crippen molar-refractivity contribution in [3.8, 4) is 0 Å². The fourth-order valence-corrected chi connectivity index (χ4v) is 2.00. The number of carbonyl (C=O) groups is 2. The molecule has 1 rings (SSSR count). The fourth-order valence-electron chi connectivity index (χ4n) is 2.00. The molecule has 1 unspecified atom stereocenters. The van der Waals surface area contributed by atoms with E-state index < -0.39 is 0 Å². The van der Waals surface area contributed by atoms with E-state index in [1.807, 2.05) is 20.8 Å². The van der Waals surface area contributed by atoms with E-state index in [0.717, 1.165) is 19.4 Å². The van der Waals surface area contributed by atoms with E-state index in [2.05, 4.69) is 10.6 Å². The first-order chi connectivity index (χ1) is 8.04. The highest BCUT2D eigenvalue weighted by atomic mass is 16.2. The van der Waals surface area contributed by atoms with Crippen LogP contribution < -0.4 is 10.6 Å². The molecule has 5 nitrogen and oxygen atoms in total. The lowest BCUT2D eigenvalue weighted by Gasteiger charge is -2.24. The largest absolute Gasteiger partial charge is 0.352 e. The van der Waals surface area contributed by atoms with Crippen molar-refractivity contribution in [3.05, 3.63) is 0 Å². The number of carbonyl (C=O) groups excluding carboxylic acids is 2. The van der Waals surface area contributed by atoms with Gasteiger partial charge in [0.2, 0.25) is 11.8 Å². The molecule has 0 saturated carbocycles. The van der Waals surface area contributed by atoms with Gasteiger partial charge in [-0.1, -0.05) is 0 Å². The standard InChI is InChI=1S/C12H23N3O2/c1-4-15(8-11(16)14-9(2)3)12(17)10-6-5-7-13-10/h9-10,13H,4-8H2,1-3H3,(H,14,16). The Hall–Kier alpha value is -1.10. The van der Waals surface area contributed by atoms with Gasteiger partial charge in [-0.25, -0.2) is 0 Å². The molecule has 98 valence electrons. The van der Waals surface area contributed by atoms with Gasteiger partial charge in [0.25, 0.3) is 0 Å². The molecule has 1 heterocycles. The van der Waals surface area contributed by atoms with Crippen molar-refractivity contribution in [3.63, 3.8) is 0 Å². The van der Waals surface area contributed by atoms with Crippen LogP contribution in [0.3, 0.4) is 0 Å². The molecule has 2 N–H and O–H groups in total. The minimum Gasteiger partial charge on any atom is -0.352 e. The van der Waals surface area contributed by atoms with Gasteiger partial charge >= 0.3 is 0 Å². The van der Waals surface area contributed by atoms with Crippen molar-refractivity contribution in [2.45, 2.75) is 45.7 Å². The Kier molecular flexibility index (Phi) is 5.41. The van der Waals surface area contributed by atoms with Crippen LogP contribution in [0, 0.1) is 0 Å². The Morgan fingerprint density at radius 2 is 2.18 bits per heavy atom. The third-order valence-electron chi connectivity index (χ3n) is 2.84. The molecule has 0 spiro atoms. The number of nitrogens with zero attached hydrogens (tertiary/aromatic N) is 1. The van der Waals surface area contributed by atoms with Crippen LogP contribution in [-0.4, -0.2) is 48.4 Å². The highest BCUT2D eigenvalue weighted by Gasteiger charge is 2.27. The Labute approximate surface area is 103 Å². The highest BCUT2D eigenvalue weighted by molar-refractivity contribution is 5.87. The quantitative estimate of drug-likeness (QED) is 0.718. The SMILES string of the molecule is CCN(CC(=O)NC(C)C)C(=O)C1CCCN1. The molecule has 0 radical (unpaired) electrons. The second kappa shape index (κ2) is 6.59. The maximum atomic E-state index is 12.1. The molecular formula is C12H23N3O2. The van der Waals surface area contributed by atoms with Gasteiger partial charge < -0.3 is 15.5 Å². The van der Waals surface area contributed by atoms with Gasteiger partial charge in [-0.15, -0.1) is 0 Å². The number of rotatable bonds is 5. The van der Waals surface area contributed by atoms with E-state index in [0.29, 0.717) is 6.54 Å². The van der Waals surface area contributed by atoms with Crippen LogP contribution in [0.1, 0.15) is 33.6 Å². The van der Waals surface area contributed by atoms with Crippen molar-refractivity contribution in [1.29, 1.82) is 0 Å². The van der Waals surface area contributed by atoms with Crippen LogP contribution in [0.2, 0.25) is 0 Å². The van der Waals surface area contributed by atoms with Gasteiger partial charge in [0, 0.05) is 12.6 Å². The topological polar surface area (TPSA) is 61.4 Å². The number of amides is 2. The van der Waals surface area contributed by atoms with Crippen molar-refractivity contribution in [2.24, 2.45) is 0 Å². The molecule has 2 amide bonds. The maximum Gasteiger partial charge on any atom is 0.240 e. The summed E-state index contributed by atoms with van der Waals surface area (Å²) in [6.45, 7) is 7.35. The predicted molar refractivity (Wildman–Crippen MR) is 66.6 cm³/mol. The second-order valence-electron chi connectivity index (χ2n) is 4.72. The molecule has 0 bridgehead atoms. The first-order valence-electron chi connectivity index (χ1n) is 6.36. The smallest absolute Gasteiger partial charge is 0.240 e. The van der Waals surface area contributed by atoms with Crippen LogP contribution in [-0.2, 0) is 9.59 Å². The summed E-state index contributed by atoms with van der Waals surface area (Å²) >= 11 is 0. The summed E-state index contributed by atoms with van der Waals surface area (Å²) in [5, 5.41) is 5.96. The molecular weight excluding hydrogens is 218 g/mol. The molecule has 17 heavy (non-hydrogen) atoms. The summed E-state index contributed by atoms with van der Waals surface area (Å²) in [5.41, 5.74) is 0. The van der Waals surface area contributed by atoms with Gasteiger partial charge in [-0.3, -0.25) is 9.59 Å². The average Bonchev–Trinajstić information content (AvgIpc) is 2.77. The van der Waals surface area contributed by atoms with E-state index in [9.17, 15) is 9.59 Å². The monoisotopic (exact) mass is 241 g/mol. The predicted octanol–water partition coefficient (Wildman–Crippen LogP) is 0.112. The van der Waals surface area contributed by atoms with E-state index in [-0.39, 0.29) is 30.4 Å². The van der Waals surface area contributed by atoms with Crippen molar-refractivity contribution >= 4 is 11.8 Å². The van der Waals surface area contributed by atoms with Crippen molar-refractivity contribution in [1.82, 2.24) is 15.5 Å². The lowest BCUT2D eigenvalue weighted by molar-refractivity contribution is -0.137. The molecule has 0 aromatic carbocycles. The summed E-state index contributed by atoms with van der Waals surface area (Å²) in [5.74, 6) is -0.0443. The van der Waals surface area contributed by atoms with Crippen LogP contribution in [0.5, 0.6) is 0 Å². The van der Waals surface area contributed by atoms with Gasteiger partial charge in [-0.05, 0) is 40.2 Å². The van der Waals surface area contributed by atoms with E-state index in [1.165, 1.54) is 0 Å². The highest BCUT2D eigenvalue weighted by Crippen LogP contribution is 2.08. The molecule has 0 aliphatic carbocycles. The van der Waals surface area contributed by atoms with E-state index >= 15 is 0 Å². The number of hydrogen-bond acceptors (Lipinski definition) is 3. The lowest BCUT2D eigenvalue weighted by Crippen LogP contribution is -2.48. The minimum absolute atomic E-state index is 0.0453. The molecule has 1 aliphatic heterocycles. The molecule has 1 fully saturated rings. The van der Waals surface area contributed by atoms with Gasteiger partial charge in [-0.2, -0.15) is 0 Å². The first kappa shape index (κ1) is 14.0. The normalized spacial score (nSPS) is 19.4. The third kappa shape index (κ3) is 4.34. The zero-order valence-electron chi connectivity index (χ0n) is 11.0. The molecule has 1 aliphatic rings. The number of hydrogen-bond donors (Lipinski definition) is 2. The van der Waals surface area contributed by atoms with Crippen LogP contribution in [0.25, 0.3) is 0 Å². The van der Waals surface area contributed by atoms with E-state index in [4.69, 9.17) is 0 Å². The molecule has 1 atom stereocenters. The summed E-state index contributed by atoms with van der Waals surface area (Å²) in [6.07, 6.45) is 1.91. The molecule has 0 aromatic heterocycles. The summed E-state index contributed by atoms with van der Waals surface area (Å²) in [4.78, 5) is 25.3. The zero-order chi connectivity index (χ0) is 12.8. The maximum absolute atomic E-state index is 12.1. The van der Waals surface area contributed by atoms with Gasteiger partial charge in [0.1, 0.15) is 0 Å². The fraction of sp³-hybridized carbons (Fsp3) is 0.833.